The number of rotatable bonds is 5. The molecule has 2 rings (SSSR count). The molecule has 25 heavy (non-hydrogen) atoms. The Kier molecular flexibility index (Phi) is 6.67. The van der Waals surface area contributed by atoms with Gasteiger partial charge in [-0.15, -0.1) is 0 Å². The van der Waals surface area contributed by atoms with Crippen molar-refractivity contribution in [3.8, 4) is 5.75 Å². The second-order valence-electron chi connectivity index (χ2n) is 6.87. The van der Waals surface area contributed by atoms with Gasteiger partial charge < -0.3 is 21.1 Å². The van der Waals surface area contributed by atoms with Gasteiger partial charge >= 0.3 is 0 Å². The van der Waals surface area contributed by atoms with Crippen molar-refractivity contribution < 1.29 is 9.90 Å². The van der Waals surface area contributed by atoms with Gasteiger partial charge in [-0.25, -0.2) is 4.99 Å². The highest BCUT2D eigenvalue weighted by molar-refractivity contribution is 5.80. The summed E-state index contributed by atoms with van der Waals surface area (Å²) in [5.74, 6) is 1.29. The van der Waals surface area contributed by atoms with Gasteiger partial charge in [0, 0.05) is 26.1 Å². The lowest BCUT2D eigenvalue weighted by Crippen LogP contribution is -2.47. The van der Waals surface area contributed by atoms with Gasteiger partial charge in [0.1, 0.15) is 5.75 Å². The number of carbonyl (C=O) groups is 1. The minimum absolute atomic E-state index is 0.233. The van der Waals surface area contributed by atoms with Crippen molar-refractivity contribution in [1.82, 2.24) is 10.2 Å². The third kappa shape index (κ3) is 5.37. The molecule has 0 aliphatic carbocycles. The van der Waals surface area contributed by atoms with Gasteiger partial charge in [0.2, 0.25) is 5.91 Å². The lowest BCUT2D eigenvalue weighted by atomic mass is 9.95. The number of phenolic OH excluding ortho intramolecular Hbond substituents is 1. The predicted molar refractivity (Wildman–Crippen MR) is 101 cm³/mol. The zero-order valence-corrected chi connectivity index (χ0v) is 15.5. The molecule has 1 aromatic carbocycles. The van der Waals surface area contributed by atoms with Crippen molar-refractivity contribution in [3.05, 3.63) is 28.8 Å². The Balaban J connectivity index is 2.11. The Labute approximate surface area is 150 Å². The van der Waals surface area contributed by atoms with Crippen LogP contribution in [0.1, 0.15) is 42.9 Å². The molecule has 1 aromatic rings. The number of nitrogens with two attached hydrogens (primary N) is 1. The maximum absolute atomic E-state index is 11.2. The summed E-state index contributed by atoms with van der Waals surface area (Å²) in [6.07, 6.45) is 2.52. The van der Waals surface area contributed by atoms with Crippen LogP contribution in [0.15, 0.2) is 17.1 Å². The summed E-state index contributed by atoms with van der Waals surface area (Å²) in [5, 5.41) is 13.3. The number of piperidine rings is 1. The quantitative estimate of drug-likeness (QED) is 0.562. The van der Waals surface area contributed by atoms with Gasteiger partial charge in [0.25, 0.3) is 0 Å². The first-order valence-corrected chi connectivity index (χ1v) is 9.01. The average Bonchev–Trinajstić information content (AvgIpc) is 2.56. The number of hydrogen-bond donors (Lipinski definition) is 3. The molecule has 1 saturated heterocycles. The molecule has 1 atom stereocenters. The summed E-state index contributed by atoms with van der Waals surface area (Å²) in [4.78, 5) is 18.2. The maximum Gasteiger partial charge on any atom is 0.217 e. The van der Waals surface area contributed by atoms with Crippen LogP contribution in [-0.4, -0.2) is 41.5 Å². The largest absolute Gasteiger partial charge is 0.507 e. The summed E-state index contributed by atoms with van der Waals surface area (Å²) >= 11 is 0. The lowest BCUT2D eigenvalue weighted by molar-refractivity contribution is -0.119. The third-order valence-corrected chi connectivity index (χ3v) is 4.61. The van der Waals surface area contributed by atoms with E-state index in [9.17, 15) is 9.90 Å². The first kappa shape index (κ1) is 19.1. The van der Waals surface area contributed by atoms with Crippen LogP contribution in [-0.2, 0) is 11.3 Å². The lowest BCUT2D eigenvalue weighted by Gasteiger charge is -2.34. The number of aromatic hydroxyl groups is 1. The number of amides is 1. The van der Waals surface area contributed by atoms with Gasteiger partial charge in [-0.1, -0.05) is 12.1 Å². The Hall–Kier alpha value is -2.24. The first-order chi connectivity index (χ1) is 11.9. The molecular formula is C19H30N4O2. The second kappa shape index (κ2) is 8.74. The molecule has 1 aliphatic heterocycles. The molecule has 0 spiro atoms. The molecule has 1 amide bonds. The van der Waals surface area contributed by atoms with E-state index in [1.165, 1.54) is 0 Å². The van der Waals surface area contributed by atoms with Crippen molar-refractivity contribution in [1.29, 1.82) is 0 Å². The highest BCUT2D eigenvalue weighted by atomic mass is 16.3. The van der Waals surface area contributed by atoms with Crippen LogP contribution in [0.2, 0.25) is 0 Å². The normalized spacial score (nSPS) is 18.3. The Morgan fingerprint density at radius 2 is 2.08 bits per heavy atom. The van der Waals surface area contributed by atoms with E-state index in [1.54, 1.807) is 0 Å². The zero-order chi connectivity index (χ0) is 18.4. The number of phenols is 1. The minimum atomic E-state index is -0.233. The van der Waals surface area contributed by atoms with Gasteiger partial charge in [0.05, 0.1) is 6.54 Å². The minimum Gasteiger partial charge on any atom is -0.507 e. The third-order valence-electron chi connectivity index (χ3n) is 4.61. The van der Waals surface area contributed by atoms with Crippen LogP contribution in [0.5, 0.6) is 5.75 Å². The summed E-state index contributed by atoms with van der Waals surface area (Å²) in [6.45, 7) is 8.96. The molecule has 1 aliphatic rings. The number of aryl methyl sites for hydroxylation is 2. The van der Waals surface area contributed by atoms with E-state index >= 15 is 0 Å². The summed E-state index contributed by atoms with van der Waals surface area (Å²) in [5.41, 5.74) is 8.17. The second-order valence-corrected chi connectivity index (χ2v) is 6.87. The molecular weight excluding hydrogens is 316 g/mol. The van der Waals surface area contributed by atoms with E-state index < -0.39 is 0 Å². The summed E-state index contributed by atoms with van der Waals surface area (Å²) < 4.78 is 0. The van der Waals surface area contributed by atoms with Gasteiger partial charge in [-0.05, 0) is 56.2 Å². The summed E-state index contributed by atoms with van der Waals surface area (Å²) in [6, 6.07) is 3.95. The average molecular weight is 346 g/mol. The van der Waals surface area contributed by atoms with Crippen LogP contribution >= 0.6 is 0 Å². The van der Waals surface area contributed by atoms with Crippen LogP contribution in [0.25, 0.3) is 0 Å². The van der Waals surface area contributed by atoms with E-state index in [-0.39, 0.29) is 5.91 Å². The van der Waals surface area contributed by atoms with Gasteiger partial charge in [-0.2, -0.15) is 0 Å². The zero-order valence-electron chi connectivity index (χ0n) is 15.5. The van der Waals surface area contributed by atoms with Crippen molar-refractivity contribution in [2.75, 3.05) is 19.6 Å². The van der Waals surface area contributed by atoms with Crippen LogP contribution in [0, 0.1) is 19.8 Å². The molecule has 0 bridgehead atoms. The number of primary amides is 1. The number of nitrogens with zero attached hydrogens (tertiary/aromatic N) is 2. The molecule has 0 aromatic heterocycles. The number of likely N-dealkylation sites (tertiary alicyclic amines) is 1. The monoisotopic (exact) mass is 346 g/mol. The fraction of sp³-hybridized carbons (Fsp3) is 0.579. The van der Waals surface area contributed by atoms with Crippen molar-refractivity contribution in [2.45, 2.75) is 46.6 Å². The molecule has 6 nitrogen and oxygen atoms in total. The predicted octanol–water partition coefficient (Wildman–Crippen LogP) is 2.06. The Morgan fingerprint density at radius 1 is 1.40 bits per heavy atom. The fourth-order valence-electron chi connectivity index (χ4n) is 3.44. The standard InChI is InChI=1S/C19H30N4O2/c1-4-21-19(23-7-5-6-15(12-23)10-17(20)24)22-11-16-8-13(2)18(25)14(3)9-16/h8-9,15,25H,4-7,10-12H2,1-3H3,(H2,20,24)(H,21,22). The van der Waals surface area contributed by atoms with E-state index in [4.69, 9.17) is 10.7 Å². The van der Waals surface area contributed by atoms with Crippen LogP contribution < -0.4 is 11.1 Å². The first-order valence-electron chi connectivity index (χ1n) is 9.01. The van der Waals surface area contributed by atoms with E-state index in [2.05, 4.69) is 17.1 Å². The topological polar surface area (TPSA) is 91.0 Å². The Morgan fingerprint density at radius 3 is 2.68 bits per heavy atom. The Bertz CT molecular complexity index is 619. The molecule has 1 unspecified atom stereocenters. The molecule has 1 fully saturated rings. The van der Waals surface area contributed by atoms with Gasteiger partial charge in [-0.3, -0.25) is 4.79 Å². The molecule has 1 heterocycles. The van der Waals surface area contributed by atoms with E-state index in [1.807, 2.05) is 26.0 Å². The number of hydrogen-bond acceptors (Lipinski definition) is 3. The highest BCUT2D eigenvalue weighted by Gasteiger charge is 2.23. The number of benzene rings is 1. The van der Waals surface area contributed by atoms with Crippen molar-refractivity contribution in [2.24, 2.45) is 16.6 Å². The molecule has 138 valence electrons. The number of carbonyl (C=O) groups excluding carboxylic acids is 1. The number of guanidine groups is 1. The van der Waals surface area contributed by atoms with Crippen LogP contribution in [0.3, 0.4) is 0 Å². The van der Waals surface area contributed by atoms with Crippen LogP contribution in [0.4, 0.5) is 0 Å². The van der Waals surface area contributed by atoms with E-state index in [0.29, 0.717) is 24.6 Å². The fourth-order valence-corrected chi connectivity index (χ4v) is 3.44. The highest BCUT2D eigenvalue weighted by Crippen LogP contribution is 2.23. The molecule has 4 N–H and O–H groups in total. The number of aliphatic imine (C=N–C) groups is 1. The number of nitrogens with one attached hydrogen (secondary N) is 1. The van der Waals surface area contributed by atoms with Crippen molar-refractivity contribution >= 4 is 11.9 Å². The van der Waals surface area contributed by atoms with Crippen molar-refractivity contribution in [3.63, 3.8) is 0 Å². The molecule has 0 saturated carbocycles. The van der Waals surface area contributed by atoms with E-state index in [0.717, 1.165) is 55.1 Å². The smallest absolute Gasteiger partial charge is 0.217 e. The molecule has 6 heteroatoms. The molecule has 0 radical (unpaired) electrons. The SMILES string of the molecule is CCNC(=NCc1cc(C)c(O)c(C)c1)N1CCCC(CC(N)=O)C1. The van der Waals surface area contributed by atoms with Gasteiger partial charge in [0.15, 0.2) is 5.96 Å². The summed E-state index contributed by atoms with van der Waals surface area (Å²) in [7, 11) is 0. The maximum atomic E-state index is 11.2.